The number of amides is 1. The Labute approximate surface area is 128 Å². The van der Waals surface area contributed by atoms with Gasteiger partial charge in [-0.25, -0.2) is 0 Å². The summed E-state index contributed by atoms with van der Waals surface area (Å²) >= 11 is 9.75. The molecule has 2 nitrogen and oxygen atoms in total. The lowest BCUT2D eigenvalue weighted by molar-refractivity contribution is 0.0944. The highest BCUT2D eigenvalue weighted by molar-refractivity contribution is 9.09. The lowest BCUT2D eigenvalue weighted by atomic mass is 9.89. The third kappa shape index (κ3) is 3.96. The molecule has 0 aromatic heterocycles. The van der Waals surface area contributed by atoms with E-state index in [-0.39, 0.29) is 5.91 Å². The molecular weight excluding hydrogens is 326 g/mol. The van der Waals surface area contributed by atoms with Crippen molar-refractivity contribution >= 4 is 33.4 Å². The predicted octanol–water partition coefficient (Wildman–Crippen LogP) is 4.33. The molecule has 0 aliphatic heterocycles. The van der Waals surface area contributed by atoms with E-state index in [1.807, 2.05) is 19.1 Å². The van der Waals surface area contributed by atoms with E-state index in [2.05, 4.69) is 21.2 Å². The highest BCUT2D eigenvalue weighted by Gasteiger charge is 2.23. The van der Waals surface area contributed by atoms with E-state index in [0.717, 1.165) is 12.1 Å². The Kier molecular flexibility index (Phi) is 5.28. The van der Waals surface area contributed by atoms with Crippen molar-refractivity contribution in [3.05, 3.63) is 34.3 Å². The summed E-state index contributed by atoms with van der Waals surface area (Å²) < 4.78 is 0. The molecule has 1 fully saturated rings. The fourth-order valence-electron chi connectivity index (χ4n) is 2.45. The molecule has 1 aromatic carbocycles. The van der Waals surface area contributed by atoms with Crippen LogP contribution in [-0.2, 0) is 0 Å². The summed E-state index contributed by atoms with van der Waals surface area (Å²) in [5.74, 6) is 0.505. The SMILES string of the molecule is Cc1ccc(C(=O)NCC2CCCCC2Br)cc1Cl. The largest absolute Gasteiger partial charge is 0.352 e. The number of hydrogen-bond donors (Lipinski definition) is 1. The smallest absolute Gasteiger partial charge is 0.251 e. The van der Waals surface area contributed by atoms with Crippen LogP contribution in [0.15, 0.2) is 18.2 Å². The summed E-state index contributed by atoms with van der Waals surface area (Å²) in [6, 6.07) is 5.44. The van der Waals surface area contributed by atoms with Crippen LogP contribution >= 0.6 is 27.5 Å². The molecule has 1 saturated carbocycles. The van der Waals surface area contributed by atoms with Gasteiger partial charge in [0.15, 0.2) is 0 Å². The van der Waals surface area contributed by atoms with Crippen LogP contribution in [0.1, 0.15) is 41.6 Å². The van der Waals surface area contributed by atoms with Crippen molar-refractivity contribution in [1.29, 1.82) is 0 Å². The summed E-state index contributed by atoms with van der Waals surface area (Å²) in [6.07, 6.45) is 4.94. The topological polar surface area (TPSA) is 29.1 Å². The second-order valence-corrected chi connectivity index (χ2v) is 6.82. The van der Waals surface area contributed by atoms with Crippen LogP contribution in [0.4, 0.5) is 0 Å². The van der Waals surface area contributed by atoms with Crippen LogP contribution in [0.3, 0.4) is 0 Å². The first-order valence-corrected chi connectivity index (χ1v) is 8.05. The first-order valence-electron chi connectivity index (χ1n) is 6.76. The molecule has 0 spiro atoms. The van der Waals surface area contributed by atoms with Gasteiger partial charge in [0.2, 0.25) is 0 Å². The number of carbonyl (C=O) groups excluding carboxylic acids is 1. The van der Waals surface area contributed by atoms with E-state index >= 15 is 0 Å². The number of carbonyl (C=O) groups is 1. The molecule has 0 bridgehead atoms. The van der Waals surface area contributed by atoms with Crippen molar-refractivity contribution in [2.24, 2.45) is 5.92 Å². The highest BCUT2D eigenvalue weighted by Crippen LogP contribution is 2.29. The Balaban J connectivity index is 1.91. The normalized spacial score (nSPS) is 23.1. The van der Waals surface area contributed by atoms with Gasteiger partial charge in [-0.15, -0.1) is 0 Å². The van der Waals surface area contributed by atoms with Crippen LogP contribution in [0.25, 0.3) is 0 Å². The number of hydrogen-bond acceptors (Lipinski definition) is 1. The van der Waals surface area contributed by atoms with Crippen LogP contribution < -0.4 is 5.32 Å². The zero-order chi connectivity index (χ0) is 13.8. The minimum absolute atomic E-state index is 0.0350. The Bertz CT molecular complexity index is 463. The first kappa shape index (κ1) is 14.9. The lowest BCUT2D eigenvalue weighted by Gasteiger charge is -2.27. The minimum atomic E-state index is -0.0350. The molecule has 1 amide bonds. The summed E-state index contributed by atoms with van der Waals surface area (Å²) in [4.78, 5) is 12.6. The number of nitrogens with one attached hydrogen (secondary N) is 1. The Morgan fingerprint density at radius 1 is 1.42 bits per heavy atom. The molecule has 104 valence electrons. The molecule has 19 heavy (non-hydrogen) atoms. The van der Waals surface area contributed by atoms with Crippen molar-refractivity contribution < 1.29 is 4.79 Å². The molecule has 1 aliphatic carbocycles. The van der Waals surface area contributed by atoms with Gasteiger partial charge in [0.25, 0.3) is 5.91 Å². The Hall–Kier alpha value is -0.540. The van der Waals surface area contributed by atoms with Crippen molar-refractivity contribution in [1.82, 2.24) is 5.32 Å². The van der Waals surface area contributed by atoms with Gasteiger partial charge >= 0.3 is 0 Å². The molecule has 0 heterocycles. The summed E-state index contributed by atoms with van der Waals surface area (Å²) in [5.41, 5.74) is 1.63. The molecule has 0 radical (unpaired) electrons. The summed E-state index contributed by atoms with van der Waals surface area (Å²) in [5, 5.41) is 3.66. The van der Waals surface area contributed by atoms with E-state index in [4.69, 9.17) is 11.6 Å². The van der Waals surface area contributed by atoms with E-state index in [1.165, 1.54) is 25.7 Å². The second kappa shape index (κ2) is 6.76. The first-order chi connectivity index (χ1) is 9.08. The van der Waals surface area contributed by atoms with Crippen LogP contribution in [0, 0.1) is 12.8 Å². The molecule has 1 N–H and O–H groups in total. The Morgan fingerprint density at radius 2 is 2.16 bits per heavy atom. The van der Waals surface area contributed by atoms with Gasteiger partial charge in [0, 0.05) is 22.0 Å². The zero-order valence-corrected chi connectivity index (χ0v) is 13.4. The van der Waals surface area contributed by atoms with Crippen molar-refractivity contribution in [2.75, 3.05) is 6.54 Å². The monoisotopic (exact) mass is 343 g/mol. The van der Waals surface area contributed by atoms with Crippen LogP contribution in [0.5, 0.6) is 0 Å². The maximum Gasteiger partial charge on any atom is 0.251 e. The number of alkyl halides is 1. The maximum atomic E-state index is 12.1. The number of rotatable bonds is 3. The second-order valence-electron chi connectivity index (χ2n) is 5.23. The summed E-state index contributed by atoms with van der Waals surface area (Å²) in [7, 11) is 0. The van der Waals surface area contributed by atoms with Gasteiger partial charge in [-0.2, -0.15) is 0 Å². The number of aryl methyl sites for hydroxylation is 1. The van der Waals surface area contributed by atoms with E-state index in [0.29, 0.717) is 21.3 Å². The average molecular weight is 345 g/mol. The molecule has 1 aromatic rings. The third-order valence-corrected chi connectivity index (χ3v) is 5.39. The fraction of sp³-hybridized carbons (Fsp3) is 0.533. The van der Waals surface area contributed by atoms with Gasteiger partial charge in [-0.05, 0) is 43.4 Å². The van der Waals surface area contributed by atoms with Crippen LogP contribution in [0.2, 0.25) is 5.02 Å². The van der Waals surface area contributed by atoms with Crippen molar-refractivity contribution in [3.8, 4) is 0 Å². The molecule has 2 atom stereocenters. The lowest BCUT2D eigenvalue weighted by Crippen LogP contribution is -2.34. The molecule has 2 unspecified atom stereocenters. The van der Waals surface area contributed by atoms with E-state index < -0.39 is 0 Å². The number of halogens is 2. The molecule has 1 aliphatic rings. The van der Waals surface area contributed by atoms with Gasteiger partial charge < -0.3 is 5.32 Å². The Morgan fingerprint density at radius 3 is 2.84 bits per heavy atom. The van der Waals surface area contributed by atoms with E-state index in [9.17, 15) is 4.79 Å². The van der Waals surface area contributed by atoms with Gasteiger partial charge in [0.05, 0.1) is 0 Å². The zero-order valence-electron chi connectivity index (χ0n) is 11.1. The van der Waals surface area contributed by atoms with Gasteiger partial charge in [-0.3, -0.25) is 4.79 Å². The molecule has 4 heteroatoms. The predicted molar refractivity (Wildman–Crippen MR) is 83.2 cm³/mol. The molecular formula is C15H19BrClNO. The summed E-state index contributed by atoms with van der Waals surface area (Å²) in [6.45, 7) is 2.67. The number of benzene rings is 1. The van der Waals surface area contributed by atoms with Crippen LogP contribution in [-0.4, -0.2) is 17.3 Å². The maximum absolute atomic E-state index is 12.1. The van der Waals surface area contributed by atoms with Gasteiger partial charge in [0.1, 0.15) is 0 Å². The average Bonchev–Trinajstić information content (AvgIpc) is 2.40. The quantitative estimate of drug-likeness (QED) is 0.812. The molecule has 0 saturated heterocycles. The fourth-order valence-corrected chi connectivity index (χ4v) is 3.41. The van der Waals surface area contributed by atoms with Crippen molar-refractivity contribution in [3.63, 3.8) is 0 Å². The van der Waals surface area contributed by atoms with Crippen molar-refractivity contribution in [2.45, 2.75) is 37.4 Å². The standard InChI is InChI=1S/C15H19BrClNO/c1-10-6-7-11(8-14(10)17)15(19)18-9-12-4-2-3-5-13(12)16/h6-8,12-13H,2-5,9H2,1H3,(H,18,19). The minimum Gasteiger partial charge on any atom is -0.352 e. The van der Waals surface area contributed by atoms with E-state index in [1.54, 1.807) is 6.07 Å². The third-order valence-electron chi connectivity index (χ3n) is 3.78. The van der Waals surface area contributed by atoms with Gasteiger partial charge in [-0.1, -0.05) is 46.4 Å². The highest BCUT2D eigenvalue weighted by atomic mass is 79.9. The molecule has 2 rings (SSSR count).